The summed E-state index contributed by atoms with van der Waals surface area (Å²) in [6.45, 7) is 3.86. The molecule has 0 fully saturated rings. The van der Waals surface area contributed by atoms with Crippen LogP contribution in [0.25, 0.3) is 0 Å². The van der Waals surface area contributed by atoms with Crippen molar-refractivity contribution < 1.29 is 4.79 Å². The quantitative estimate of drug-likeness (QED) is 0.769. The molecule has 0 atom stereocenters. The molecule has 0 saturated carbocycles. The molecule has 12 heavy (non-hydrogen) atoms. The molecule has 0 saturated heterocycles. The van der Waals surface area contributed by atoms with Crippen molar-refractivity contribution in [1.29, 1.82) is 0 Å². The van der Waals surface area contributed by atoms with Crippen LogP contribution < -0.4 is 5.32 Å². The van der Waals surface area contributed by atoms with E-state index in [1.54, 1.807) is 0 Å². The molecule has 5 heteroatoms. The number of amides is 1. The summed E-state index contributed by atoms with van der Waals surface area (Å²) in [6.07, 6.45) is 1.42. The van der Waals surface area contributed by atoms with Crippen LogP contribution in [0, 0.1) is 0 Å². The Bertz CT molecular complexity index is 271. The SMILES string of the molecule is CCC(=O)Nc1nnc(CC)[se]1. The number of hydrogen-bond donors (Lipinski definition) is 1. The molecular formula is C7H11N3OSe. The van der Waals surface area contributed by atoms with Gasteiger partial charge in [0.25, 0.3) is 0 Å². The molecule has 1 rings (SSSR count). The maximum absolute atomic E-state index is 10.9. The molecular weight excluding hydrogens is 221 g/mol. The van der Waals surface area contributed by atoms with Gasteiger partial charge in [-0.2, -0.15) is 0 Å². The first kappa shape index (κ1) is 9.42. The molecule has 1 N–H and O–H groups in total. The molecule has 1 aromatic heterocycles. The third kappa shape index (κ3) is 2.43. The van der Waals surface area contributed by atoms with Crippen LogP contribution in [0.3, 0.4) is 0 Å². The van der Waals surface area contributed by atoms with Crippen LogP contribution in [0.5, 0.6) is 0 Å². The predicted molar refractivity (Wildman–Crippen MR) is 47.3 cm³/mol. The third-order valence-electron chi connectivity index (χ3n) is 1.34. The van der Waals surface area contributed by atoms with Crippen molar-refractivity contribution in [1.82, 2.24) is 10.2 Å². The second-order valence-corrected chi connectivity index (χ2v) is 4.48. The van der Waals surface area contributed by atoms with E-state index in [2.05, 4.69) is 15.5 Å². The van der Waals surface area contributed by atoms with Crippen LogP contribution in [0.2, 0.25) is 0 Å². The summed E-state index contributed by atoms with van der Waals surface area (Å²) in [5.41, 5.74) is 0. The van der Waals surface area contributed by atoms with Gasteiger partial charge in [-0.25, -0.2) is 0 Å². The van der Waals surface area contributed by atoms with E-state index < -0.39 is 0 Å². The van der Waals surface area contributed by atoms with Crippen molar-refractivity contribution in [3.63, 3.8) is 0 Å². The number of carbonyl (C=O) groups is 1. The van der Waals surface area contributed by atoms with Crippen LogP contribution in [0.1, 0.15) is 24.8 Å². The average Bonchev–Trinajstić information content (AvgIpc) is 2.52. The van der Waals surface area contributed by atoms with Gasteiger partial charge in [0.15, 0.2) is 0 Å². The second-order valence-electron chi connectivity index (χ2n) is 2.26. The maximum atomic E-state index is 10.9. The van der Waals surface area contributed by atoms with Crippen LogP contribution in [0.15, 0.2) is 0 Å². The van der Waals surface area contributed by atoms with Gasteiger partial charge in [0, 0.05) is 0 Å². The van der Waals surface area contributed by atoms with Gasteiger partial charge in [-0.1, -0.05) is 0 Å². The summed E-state index contributed by atoms with van der Waals surface area (Å²) < 4.78 is 1.83. The predicted octanol–water partition coefficient (Wildman–Crippen LogP) is 0.444. The normalized spacial score (nSPS) is 9.83. The molecule has 1 aromatic rings. The summed E-state index contributed by atoms with van der Waals surface area (Å²) in [7, 11) is 0. The number of rotatable bonds is 3. The fraction of sp³-hybridized carbons (Fsp3) is 0.571. The molecule has 0 aromatic carbocycles. The Balaban J connectivity index is 2.58. The molecule has 0 aliphatic carbocycles. The van der Waals surface area contributed by atoms with E-state index in [0.717, 1.165) is 15.7 Å². The van der Waals surface area contributed by atoms with Crippen molar-refractivity contribution in [2.45, 2.75) is 26.7 Å². The van der Waals surface area contributed by atoms with E-state index in [0.29, 0.717) is 6.42 Å². The summed E-state index contributed by atoms with van der Waals surface area (Å²) in [5.74, 6) is 0.0168. The fourth-order valence-electron chi connectivity index (χ4n) is 0.655. The van der Waals surface area contributed by atoms with Gasteiger partial charge in [0.2, 0.25) is 0 Å². The first-order valence-corrected chi connectivity index (χ1v) is 5.59. The van der Waals surface area contributed by atoms with Crippen molar-refractivity contribution in [2.24, 2.45) is 0 Å². The van der Waals surface area contributed by atoms with Crippen molar-refractivity contribution in [3.8, 4) is 0 Å². The van der Waals surface area contributed by atoms with E-state index in [9.17, 15) is 4.79 Å². The van der Waals surface area contributed by atoms with Crippen molar-refractivity contribution >= 4 is 25.1 Å². The summed E-state index contributed by atoms with van der Waals surface area (Å²) >= 11 is 0.152. The Kier molecular flexibility index (Phi) is 3.44. The van der Waals surface area contributed by atoms with Gasteiger partial charge in [0.1, 0.15) is 0 Å². The molecule has 66 valence electrons. The van der Waals surface area contributed by atoms with Gasteiger partial charge in [-0.3, -0.25) is 0 Å². The molecule has 0 radical (unpaired) electrons. The first-order chi connectivity index (χ1) is 5.76. The van der Waals surface area contributed by atoms with E-state index in [-0.39, 0.29) is 20.4 Å². The molecule has 1 amide bonds. The number of hydrogen-bond acceptors (Lipinski definition) is 3. The van der Waals surface area contributed by atoms with Gasteiger partial charge in [-0.15, -0.1) is 0 Å². The standard InChI is InChI=1S/C7H11N3OSe/c1-3-5(11)8-7-10-9-6(4-2)12-7/h3-4H2,1-2H3,(H,8,10,11). The van der Waals surface area contributed by atoms with E-state index in [1.165, 1.54) is 0 Å². The molecule has 4 nitrogen and oxygen atoms in total. The molecule has 0 aliphatic rings. The van der Waals surface area contributed by atoms with Gasteiger partial charge in [0.05, 0.1) is 0 Å². The molecule has 0 bridgehead atoms. The minimum atomic E-state index is 0.0168. The van der Waals surface area contributed by atoms with Crippen molar-refractivity contribution in [2.75, 3.05) is 5.32 Å². The van der Waals surface area contributed by atoms with E-state index >= 15 is 0 Å². The fourth-order valence-corrected chi connectivity index (χ4v) is 2.11. The van der Waals surface area contributed by atoms with E-state index in [4.69, 9.17) is 0 Å². The van der Waals surface area contributed by atoms with Gasteiger partial charge < -0.3 is 0 Å². The Labute approximate surface area is 77.1 Å². The van der Waals surface area contributed by atoms with Crippen molar-refractivity contribution in [3.05, 3.63) is 4.57 Å². The average molecular weight is 232 g/mol. The van der Waals surface area contributed by atoms with Gasteiger partial charge >= 0.3 is 76.7 Å². The number of nitrogens with zero attached hydrogens (tertiary/aromatic N) is 2. The first-order valence-electron chi connectivity index (χ1n) is 3.88. The van der Waals surface area contributed by atoms with Crippen LogP contribution in [-0.4, -0.2) is 30.6 Å². The van der Waals surface area contributed by atoms with Crippen LogP contribution in [0.4, 0.5) is 4.69 Å². The molecule has 0 unspecified atom stereocenters. The number of carbonyl (C=O) groups excluding carboxylic acids is 1. The second kappa shape index (κ2) is 4.38. The van der Waals surface area contributed by atoms with Crippen LogP contribution in [-0.2, 0) is 11.2 Å². The Morgan fingerprint density at radius 1 is 1.50 bits per heavy atom. The van der Waals surface area contributed by atoms with Gasteiger partial charge in [-0.05, 0) is 0 Å². The Morgan fingerprint density at radius 3 is 2.75 bits per heavy atom. The molecule has 0 aliphatic heterocycles. The zero-order valence-electron chi connectivity index (χ0n) is 7.13. The Morgan fingerprint density at radius 2 is 2.25 bits per heavy atom. The summed E-state index contributed by atoms with van der Waals surface area (Å²) in [6, 6.07) is 0. The third-order valence-corrected chi connectivity index (χ3v) is 3.40. The number of nitrogens with one attached hydrogen (secondary N) is 1. The topological polar surface area (TPSA) is 54.9 Å². The summed E-state index contributed by atoms with van der Waals surface area (Å²) in [5, 5.41) is 10.5. The monoisotopic (exact) mass is 233 g/mol. The van der Waals surface area contributed by atoms with Crippen LogP contribution >= 0.6 is 0 Å². The Hall–Kier alpha value is -0.671. The zero-order chi connectivity index (χ0) is 8.97. The zero-order valence-corrected chi connectivity index (χ0v) is 8.84. The number of anilines is 1. The molecule has 1 heterocycles. The minimum absolute atomic E-state index is 0.0168. The molecule has 0 spiro atoms. The number of aryl methyl sites for hydroxylation is 1. The van der Waals surface area contributed by atoms with E-state index in [1.807, 2.05) is 13.8 Å². The number of aromatic nitrogens is 2. The summed E-state index contributed by atoms with van der Waals surface area (Å²) in [4.78, 5) is 10.9.